The van der Waals surface area contributed by atoms with Crippen LogP contribution in [0.15, 0.2) is 24.0 Å². The molecule has 0 aliphatic heterocycles. The fraction of sp³-hybridized carbons (Fsp3) is 0.519. The summed E-state index contributed by atoms with van der Waals surface area (Å²) in [5.41, 5.74) is 0. The summed E-state index contributed by atoms with van der Waals surface area (Å²) in [7, 11) is -9.48. The Morgan fingerprint density at radius 3 is 1.16 bits per heavy atom. The van der Waals surface area contributed by atoms with Gasteiger partial charge in [-0.1, -0.05) is 13.2 Å². The summed E-state index contributed by atoms with van der Waals surface area (Å²) in [6.07, 6.45) is -0.901. The average Bonchev–Trinajstić information content (AvgIpc) is 2.96. The molecule has 272 valence electrons. The van der Waals surface area contributed by atoms with Gasteiger partial charge in [0.05, 0.1) is 22.5 Å². The smallest absolute Gasteiger partial charge is 0.313 e. The molecule has 3 heterocycles. The fourth-order valence-electron chi connectivity index (χ4n) is 3.24. The van der Waals surface area contributed by atoms with Gasteiger partial charge in [-0.15, -0.1) is 0 Å². The van der Waals surface area contributed by atoms with Crippen molar-refractivity contribution in [2.24, 2.45) is 0 Å². The normalized spacial score (nSPS) is 11.4. The van der Waals surface area contributed by atoms with Crippen LogP contribution in [0.1, 0.15) is 43.0 Å². The van der Waals surface area contributed by atoms with Crippen LogP contribution in [0.25, 0.3) is 0 Å². The lowest BCUT2D eigenvalue weighted by atomic mass is 10.6. The van der Waals surface area contributed by atoms with E-state index in [1.807, 2.05) is 0 Å². The molecule has 0 aliphatic rings. The number of aromatic nitrogens is 9. The van der Waals surface area contributed by atoms with Crippen LogP contribution in [0.3, 0.4) is 0 Å². The molecule has 0 aliphatic carbocycles. The number of hydrogen-bond acceptors (Lipinski definition) is 18. The van der Waals surface area contributed by atoms with E-state index in [1.165, 1.54) is 6.92 Å². The predicted octanol–water partition coefficient (Wildman–Crippen LogP) is 1.47. The highest BCUT2D eigenvalue weighted by atomic mass is 32.2. The molecular weight excluding hydrogens is 704 g/mol. The van der Waals surface area contributed by atoms with E-state index >= 15 is 0 Å². The predicted molar refractivity (Wildman–Crippen MR) is 185 cm³/mol. The second kappa shape index (κ2) is 19.6. The van der Waals surface area contributed by atoms with E-state index in [0.29, 0.717) is 41.7 Å². The van der Waals surface area contributed by atoms with E-state index in [9.17, 15) is 29.6 Å². The summed E-state index contributed by atoms with van der Waals surface area (Å²) in [4.78, 5) is 34.7. The largest absolute Gasteiger partial charge is 0.353 e. The number of hydrogen-bond donors (Lipinski definition) is 3. The average molecular weight is 747 g/mol. The molecule has 0 fully saturated rings. The molecule has 0 amide bonds. The second-order valence-electron chi connectivity index (χ2n) is 10.2. The van der Waals surface area contributed by atoms with E-state index in [1.54, 1.807) is 41.5 Å². The van der Waals surface area contributed by atoms with Gasteiger partial charge < -0.3 is 16.0 Å². The first-order chi connectivity index (χ1) is 22.7. The molecule has 3 aromatic rings. The Labute approximate surface area is 286 Å². The van der Waals surface area contributed by atoms with Crippen LogP contribution in [0.2, 0.25) is 0 Å². The van der Waals surface area contributed by atoms with Crippen LogP contribution < -0.4 is 16.0 Å². The Bertz CT molecular complexity index is 1740. The van der Waals surface area contributed by atoms with Gasteiger partial charge >= 0.3 is 6.08 Å². The van der Waals surface area contributed by atoms with E-state index < -0.39 is 35.6 Å². The van der Waals surface area contributed by atoms with Gasteiger partial charge in [0.25, 0.3) is 0 Å². The zero-order chi connectivity index (χ0) is 37.4. The van der Waals surface area contributed by atoms with Crippen molar-refractivity contribution in [3.05, 3.63) is 59.2 Å². The number of aryl methyl sites for hydroxylation is 5. The number of nitrogens with one attached hydrogen (secondary N) is 3. The maximum absolute atomic E-state index is 12.7. The molecule has 3 aromatic heterocycles. The van der Waals surface area contributed by atoms with Crippen molar-refractivity contribution >= 4 is 47.4 Å². The van der Waals surface area contributed by atoms with Gasteiger partial charge in [0, 0.05) is 30.5 Å². The van der Waals surface area contributed by atoms with Gasteiger partial charge in [-0.25, -0.2) is 35.2 Å². The summed E-state index contributed by atoms with van der Waals surface area (Å²) in [6, 6.07) is 0. The first-order valence-electron chi connectivity index (χ1n) is 14.6. The standard InChI is InChI=1S/C10H18N4O2S.C9H14N4O2S.C8H11FN4O2S/c1-7(2)17(15,16)6-5-11-10-13-8(3)12-9(4)14-10;1-4-16(14,15)6-5-10-9-12-7(2)11-8(3)13-9;1-3-16(14,15)5-4-10-8-12-6(2)11-7(9)13-8/h7H,5-6H2,1-4H3,(H,11,12,13,14);4H,1,5-6H2,2-3H3,(H,10,11,12,13);3H,1,4-5H2,2H3,(H,10,11,12,13). The fourth-order valence-corrected chi connectivity index (χ4v) is 5.20. The van der Waals surface area contributed by atoms with Crippen LogP contribution in [0, 0.1) is 40.7 Å². The number of anilines is 3. The SMILES string of the molecule is C=CS(=O)(=O)CCNc1nc(C)nc(C)n1.C=CS(=O)(=O)CCNc1nc(C)nc(F)n1.Cc1nc(C)nc(NCCS(=O)(=O)C(C)C)n1. The van der Waals surface area contributed by atoms with Crippen molar-refractivity contribution in [3.63, 3.8) is 0 Å². The summed E-state index contributed by atoms with van der Waals surface area (Å²) >= 11 is 0. The summed E-state index contributed by atoms with van der Waals surface area (Å²) in [5, 5.41) is 9.77. The first-order valence-corrected chi connectivity index (χ1v) is 19.7. The highest BCUT2D eigenvalue weighted by molar-refractivity contribution is 7.94. The van der Waals surface area contributed by atoms with Crippen LogP contribution >= 0.6 is 0 Å². The Hall–Kier alpha value is -4.31. The molecule has 22 heteroatoms. The van der Waals surface area contributed by atoms with Crippen molar-refractivity contribution < 1.29 is 29.6 Å². The van der Waals surface area contributed by atoms with Gasteiger partial charge in [0.15, 0.2) is 29.5 Å². The lowest BCUT2D eigenvalue weighted by Gasteiger charge is -2.09. The quantitative estimate of drug-likeness (QED) is 0.199. The molecule has 0 saturated heterocycles. The van der Waals surface area contributed by atoms with E-state index in [2.05, 4.69) is 74.0 Å². The third kappa shape index (κ3) is 18.1. The first kappa shape index (κ1) is 42.7. The van der Waals surface area contributed by atoms with Crippen LogP contribution in [-0.4, -0.2) is 112 Å². The Morgan fingerprint density at radius 2 is 0.857 bits per heavy atom. The maximum atomic E-state index is 12.7. The number of halogens is 1. The third-order valence-electron chi connectivity index (χ3n) is 5.67. The minimum atomic E-state index is -3.27. The van der Waals surface area contributed by atoms with Crippen molar-refractivity contribution in [2.75, 3.05) is 52.8 Å². The van der Waals surface area contributed by atoms with Crippen LogP contribution in [-0.2, 0) is 29.5 Å². The minimum absolute atomic E-state index is 0.0178. The Balaban J connectivity index is 0.000000368. The molecule has 3 rings (SSSR count). The molecule has 18 nitrogen and oxygen atoms in total. The molecule has 0 radical (unpaired) electrons. The van der Waals surface area contributed by atoms with E-state index in [-0.39, 0.29) is 47.4 Å². The zero-order valence-electron chi connectivity index (χ0n) is 28.5. The summed E-state index contributed by atoms with van der Waals surface area (Å²) in [6.45, 7) is 18.9. The topological polar surface area (TPSA) is 255 Å². The molecule has 0 bridgehead atoms. The number of rotatable bonds is 15. The molecule has 0 saturated carbocycles. The lowest BCUT2D eigenvalue weighted by Crippen LogP contribution is -2.23. The molecule has 0 aromatic carbocycles. The van der Waals surface area contributed by atoms with Crippen LogP contribution in [0.4, 0.5) is 22.2 Å². The molecule has 0 unspecified atom stereocenters. The van der Waals surface area contributed by atoms with Crippen molar-refractivity contribution in [3.8, 4) is 0 Å². The molecule has 0 spiro atoms. The van der Waals surface area contributed by atoms with E-state index in [0.717, 1.165) is 10.8 Å². The highest BCUT2D eigenvalue weighted by Crippen LogP contribution is 2.04. The van der Waals surface area contributed by atoms with Gasteiger partial charge in [-0.3, -0.25) is 0 Å². The summed E-state index contributed by atoms with van der Waals surface area (Å²) < 4.78 is 80.1. The second-order valence-corrected chi connectivity index (χ2v) is 17.1. The third-order valence-corrected chi connectivity index (χ3v) is 10.4. The molecule has 0 atom stereocenters. The van der Waals surface area contributed by atoms with Gasteiger partial charge in [-0.2, -0.15) is 39.3 Å². The lowest BCUT2D eigenvalue weighted by molar-refractivity contribution is 0.529. The molecule has 49 heavy (non-hydrogen) atoms. The summed E-state index contributed by atoms with van der Waals surface area (Å²) in [5.74, 6) is 3.39. The number of nitrogens with zero attached hydrogens (tertiary/aromatic N) is 9. The minimum Gasteiger partial charge on any atom is -0.353 e. The number of sulfone groups is 3. The van der Waals surface area contributed by atoms with Gasteiger partial charge in [-0.05, 0) is 48.5 Å². The maximum Gasteiger partial charge on any atom is 0.313 e. The Morgan fingerprint density at radius 1 is 0.551 bits per heavy atom. The van der Waals surface area contributed by atoms with Gasteiger partial charge in [0.1, 0.15) is 29.1 Å². The molecule has 3 N–H and O–H groups in total. The highest BCUT2D eigenvalue weighted by Gasteiger charge is 2.15. The van der Waals surface area contributed by atoms with E-state index in [4.69, 9.17) is 0 Å². The van der Waals surface area contributed by atoms with Gasteiger partial charge in [0.2, 0.25) is 17.8 Å². The van der Waals surface area contributed by atoms with Crippen molar-refractivity contribution in [2.45, 2.75) is 53.7 Å². The zero-order valence-corrected chi connectivity index (χ0v) is 30.9. The Kier molecular flexibility index (Phi) is 17.1. The van der Waals surface area contributed by atoms with Crippen LogP contribution in [0.5, 0.6) is 0 Å². The van der Waals surface area contributed by atoms with Crippen molar-refractivity contribution in [1.29, 1.82) is 0 Å². The van der Waals surface area contributed by atoms with Crippen molar-refractivity contribution in [1.82, 2.24) is 44.9 Å². The monoisotopic (exact) mass is 746 g/mol. The molecular formula is C27H43FN12O6S3.